The second-order valence-corrected chi connectivity index (χ2v) is 5.79. The van der Waals surface area contributed by atoms with Crippen LogP contribution in [0.3, 0.4) is 0 Å². The van der Waals surface area contributed by atoms with E-state index in [1.807, 2.05) is 18.2 Å². The van der Waals surface area contributed by atoms with Gasteiger partial charge in [0.05, 0.1) is 7.11 Å². The first kappa shape index (κ1) is 10.4. The van der Waals surface area contributed by atoms with Crippen LogP contribution in [0.1, 0.15) is 31.2 Å². The molecule has 2 fully saturated rings. The molecule has 2 N–H and O–H groups in total. The minimum absolute atomic E-state index is 0.216. The molecule has 2 saturated carbocycles. The fourth-order valence-electron chi connectivity index (χ4n) is 3.08. The third kappa shape index (κ3) is 1.44. The molecule has 0 radical (unpaired) electrons. The number of methoxy groups -OCH3 is 1. The molecule has 2 nitrogen and oxygen atoms in total. The Balaban J connectivity index is 1.96. The summed E-state index contributed by atoms with van der Waals surface area (Å²) >= 11 is 6.04. The Kier molecular flexibility index (Phi) is 2.05. The molecule has 0 bridgehead atoms. The van der Waals surface area contributed by atoms with Gasteiger partial charge in [0.15, 0.2) is 0 Å². The van der Waals surface area contributed by atoms with E-state index in [2.05, 4.69) is 0 Å². The van der Waals surface area contributed by atoms with Crippen LogP contribution in [-0.4, -0.2) is 7.11 Å². The van der Waals surface area contributed by atoms with Gasteiger partial charge in [-0.05, 0) is 49.3 Å². The highest BCUT2D eigenvalue weighted by Crippen LogP contribution is 2.67. The van der Waals surface area contributed by atoms with Gasteiger partial charge in [-0.2, -0.15) is 0 Å². The number of ether oxygens (including phenoxy) is 1. The van der Waals surface area contributed by atoms with E-state index in [-0.39, 0.29) is 5.54 Å². The monoisotopic (exact) mass is 237 g/mol. The molecular formula is C13H16ClNO. The maximum atomic E-state index is 6.45. The summed E-state index contributed by atoms with van der Waals surface area (Å²) < 4.78 is 5.37. The predicted molar refractivity (Wildman–Crippen MR) is 64.8 cm³/mol. The Hall–Kier alpha value is -0.730. The van der Waals surface area contributed by atoms with Gasteiger partial charge in [0.2, 0.25) is 0 Å². The summed E-state index contributed by atoms with van der Waals surface area (Å²) in [5.74, 6) is 0.863. The molecule has 2 aliphatic rings. The molecule has 3 rings (SSSR count). The minimum atomic E-state index is -0.216. The van der Waals surface area contributed by atoms with Crippen molar-refractivity contribution in [1.29, 1.82) is 0 Å². The summed E-state index contributed by atoms with van der Waals surface area (Å²) in [4.78, 5) is 0. The second-order valence-electron chi connectivity index (χ2n) is 5.35. The second kappa shape index (κ2) is 3.14. The molecular weight excluding hydrogens is 222 g/mol. The summed E-state index contributed by atoms with van der Waals surface area (Å²) in [6, 6.07) is 5.71. The molecule has 0 amide bonds. The molecule has 0 aliphatic heterocycles. The Morgan fingerprint density at radius 1 is 1.31 bits per heavy atom. The zero-order chi connectivity index (χ0) is 11.4. The Labute approximate surface area is 101 Å². The van der Waals surface area contributed by atoms with E-state index in [1.54, 1.807) is 7.11 Å². The summed E-state index contributed by atoms with van der Waals surface area (Å²) in [6.45, 7) is 0. The van der Waals surface area contributed by atoms with Gasteiger partial charge < -0.3 is 10.5 Å². The number of rotatable bonds is 2. The van der Waals surface area contributed by atoms with Gasteiger partial charge >= 0.3 is 0 Å². The van der Waals surface area contributed by atoms with E-state index in [0.717, 1.165) is 29.2 Å². The summed E-state index contributed by atoms with van der Waals surface area (Å²) in [5.41, 5.74) is 7.87. The van der Waals surface area contributed by atoms with Gasteiger partial charge in [-0.25, -0.2) is 0 Å². The average molecular weight is 238 g/mol. The zero-order valence-corrected chi connectivity index (χ0v) is 10.2. The highest BCUT2D eigenvalue weighted by Gasteiger charge is 2.60. The van der Waals surface area contributed by atoms with Crippen LogP contribution in [-0.2, 0) is 5.54 Å². The smallest absolute Gasteiger partial charge is 0.124 e. The standard InChI is InChI=1S/C13H16ClNO/c1-16-11-3-2-9(14)6-10(11)13(15)7-12(8-13)4-5-12/h2-3,6H,4-5,7-8,15H2,1H3. The summed E-state index contributed by atoms with van der Waals surface area (Å²) in [5, 5.41) is 0.734. The first-order chi connectivity index (χ1) is 7.57. The Bertz CT molecular complexity index is 432. The van der Waals surface area contributed by atoms with Crippen molar-refractivity contribution in [3.63, 3.8) is 0 Å². The largest absolute Gasteiger partial charge is 0.496 e. The van der Waals surface area contributed by atoms with E-state index >= 15 is 0 Å². The normalized spacial score (nSPS) is 23.9. The number of hydrogen-bond acceptors (Lipinski definition) is 2. The van der Waals surface area contributed by atoms with Crippen molar-refractivity contribution in [1.82, 2.24) is 0 Å². The Morgan fingerprint density at radius 3 is 2.56 bits per heavy atom. The van der Waals surface area contributed by atoms with Crippen LogP contribution in [0.15, 0.2) is 18.2 Å². The molecule has 0 aromatic heterocycles. The average Bonchev–Trinajstić information content (AvgIpc) is 2.97. The van der Waals surface area contributed by atoms with Crippen LogP contribution in [0, 0.1) is 5.41 Å². The molecule has 0 atom stereocenters. The van der Waals surface area contributed by atoms with Crippen molar-refractivity contribution in [2.45, 2.75) is 31.2 Å². The lowest BCUT2D eigenvalue weighted by Crippen LogP contribution is -2.50. The van der Waals surface area contributed by atoms with Gasteiger partial charge in [0.1, 0.15) is 5.75 Å². The number of nitrogens with two attached hydrogens (primary N) is 1. The predicted octanol–water partition coefficient (Wildman–Crippen LogP) is 3.08. The fraction of sp³-hybridized carbons (Fsp3) is 0.538. The first-order valence-corrected chi connectivity index (χ1v) is 6.08. The fourth-order valence-corrected chi connectivity index (χ4v) is 3.25. The molecule has 0 saturated heterocycles. The van der Waals surface area contributed by atoms with Crippen molar-refractivity contribution in [2.75, 3.05) is 7.11 Å². The molecule has 1 aromatic carbocycles. The minimum Gasteiger partial charge on any atom is -0.496 e. The van der Waals surface area contributed by atoms with Gasteiger partial charge in [-0.3, -0.25) is 0 Å². The van der Waals surface area contributed by atoms with Gasteiger partial charge in [0.25, 0.3) is 0 Å². The molecule has 3 heteroatoms. The molecule has 2 aliphatic carbocycles. The molecule has 16 heavy (non-hydrogen) atoms. The summed E-state index contributed by atoms with van der Waals surface area (Å²) in [6.07, 6.45) is 4.84. The maximum Gasteiger partial charge on any atom is 0.124 e. The topological polar surface area (TPSA) is 35.2 Å². The van der Waals surface area contributed by atoms with E-state index in [9.17, 15) is 0 Å². The van der Waals surface area contributed by atoms with Gasteiger partial charge in [-0.1, -0.05) is 11.6 Å². The van der Waals surface area contributed by atoms with Gasteiger partial charge in [-0.15, -0.1) is 0 Å². The molecule has 0 heterocycles. The van der Waals surface area contributed by atoms with E-state index in [1.165, 1.54) is 12.8 Å². The van der Waals surface area contributed by atoms with Crippen LogP contribution in [0.4, 0.5) is 0 Å². The van der Waals surface area contributed by atoms with Gasteiger partial charge in [0, 0.05) is 16.1 Å². The quantitative estimate of drug-likeness (QED) is 0.858. The van der Waals surface area contributed by atoms with Crippen molar-refractivity contribution in [3.05, 3.63) is 28.8 Å². The number of halogens is 1. The number of benzene rings is 1. The van der Waals surface area contributed by atoms with Crippen molar-refractivity contribution < 1.29 is 4.74 Å². The Morgan fingerprint density at radius 2 is 2.00 bits per heavy atom. The summed E-state index contributed by atoms with van der Waals surface area (Å²) in [7, 11) is 1.68. The lowest BCUT2D eigenvalue weighted by molar-refractivity contribution is 0.122. The first-order valence-electron chi connectivity index (χ1n) is 5.70. The van der Waals surface area contributed by atoms with Crippen molar-refractivity contribution >= 4 is 11.6 Å². The third-order valence-electron chi connectivity index (χ3n) is 4.04. The van der Waals surface area contributed by atoms with E-state index in [0.29, 0.717) is 5.41 Å². The van der Waals surface area contributed by atoms with Crippen molar-refractivity contribution in [3.8, 4) is 5.75 Å². The molecule has 1 spiro atoms. The SMILES string of the molecule is COc1ccc(Cl)cc1C1(N)CC2(CC2)C1. The molecule has 86 valence electrons. The van der Waals surface area contributed by atoms with Crippen LogP contribution in [0.5, 0.6) is 5.75 Å². The van der Waals surface area contributed by atoms with Crippen LogP contribution in [0.2, 0.25) is 5.02 Å². The zero-order valence-electron chi connectivity index (χ0n) is 9.42. The van der Waals surface area contributed by atoms with E-state index < -0.39 is 0 Å². The lowest BCUT2D eigenvalue weighted by atomic mass is 9.63. The van der Waals surface area contributed by atoms with Crippen LogP contribution in [0.25, 0.3) is 0 Å². The van der Waals surface area contributed by atoms with Crippen LogP contribution >= 0.6 is 11.6 Å². The number of hydrogen-bond donors (Lipinski definition) is 1. The highest BCUT2D eigenvalue weighted by atomic mass is 35.5. The third-order valence-corrected chi connectivity index (χ3v) is 4.27. The molecule has 1 aromatic rings. The maximum absolute atomic E-state index is 6.45. The highest BCUT2D eigenvalue weighted by molar-refractivity contribution is 6.30. The van der Waals surface area contributed by atoms with E-state index in [4.69, 9.17) is 22.1 Å². The molecule has 0 unspecified atom stereocenters. The lowest BCUT2D eigenvalue weighted by Gasteiger charge is -2.46. The van der Waals surface area contributed by atoms with Crippen LogP contribution < -0.4 is 10.5 Å². The van der Waals surface area contributed by atoms with Crippen molar-refractivity contribution in [2.24, 2.45) is 11.1 Å².